The van der Waals surface area contributed by atoms with Crippen LogP contribution < -0.4 is 0 Å². The van der Waals surface area contributed by atoms with E-state index in [1.165, 1.54) is 0 Å². The van der Waals surface area contributed by atoms with E-state index in [1.807, 2.05) is 24.1 Å². The third-order valence-electron chi connectivity index (χ3n) is 1.34. The summed E-state index contributed by atoms with van der Waals surface area (Å²) in [7, 11) is 3.68. The molecule has 0 radical (unpaired) electrons. The van der Waals surface area contributed by atoms with Crippen LogP contribution >= 0.6 is 0 Å². The molecule has 1 heterocycles. The first-order valence-corrected chi connectivity index (χ1v) is 2.96. The summed E-state index contributed by atoms with van der Waals surface area (Å²) in [5.41, 5.74) is 0. The van der Waals surface area contributed by atoms with Crippen molar-refractivity contribution in [3.8, 4) is 0 Å². The highest BCUT2D eigenvalue weighted by molar-refractivity contribution is 5.12. The molecular weight excluding hydrogens is 114 g/mol. The number of allylic oxidation sites excluding steroid dienone is 2. The monoisotopic (exact) mass is 125 g/mol. The first kappa shape index (κ1) is 6.20. The number of hydrogen-bond acceptors (Lipinski definition) is 2. The molecule has 0 N–H and O–H groups in total. The van der Waals surface area contributed by atoms with Gasteiger partial charge >= 0.3 is 0 Å². The average molecular weight is 125 g/mol. The molecule has 0 fully saturated rings. The molecule has 0 saturated carbocycles. The van der Waals surface area contributed by atoms with Crippen molar-refractivity contribution in [3.63, 3.8) is 0 Å². The van der Waals surface area contributed by atoms with Gasteiger partial charge in [-0.15, -0.1) is 0 Å². The highest BCUT2D eigenvalue weighted by Crippen LogP contribution is 2.05. The molecule has 50 valence electrons. The van der Waals surface area contributed by atoms with E-state index >= 15 is 0 Å². The number of ether oxygens (including phenoxy) is 1. The van der Waals surface area contributed by atoms with Crippen LogP contribution in [0.2, 0.25) is 0 Å². The van der Waals surface area contributed by atoms with Crippen LogP contribution in [0.4, 0.5) is 0 Å². The van der Waals surface area contributed by atoms with Crippen molar-refractivity contribution < 1.29 is 4.74 Å². The minimum Gasteiger partial charge on any atom is -0.482 e. The number of methoxy groups -OCH3 is 1. The lowest BCUT2D eigenvalue weighted by Gasteiger charge is -2.21. The van der Waals surface area contributed by atoms with Crippen molar-refractivity contribution in [1.82, 2.24) is 4.90 Å². The van der Waals surface area contributed by atoms with Gasteiger partial charge in [-0.3, -0.25) is 0 Å². The van der Waals surface area contributed by atoms with E-state index in [1.54, 1.807) is 7.11 Å². The molecule has 0 atom stereocenters. The highest BCUT2D eigenvalue weighted by Gasteiger charge is 2.02. The van der Waals surface area contributed by atoms with Crippen LogP contribution in [0.1, 0.15) is 0 Å². The Morgan fingerprint density at radius 3 is 2.89 bits per heavy atom. The van der Waals surface area contributed by atoms with Crippen molar-refractivity contribution >= 4 is 0 Å². The topological polar surface area (TPSA) is 12.5 Å². The summed E-state index contributed by atoms with van der Waals surface area (Å²) in [5, 5.41) is 0. The largest absolute Gasteiger partial charge is 0.482 e. The molecule has 0 aliphatic carbocycles. The zero-order valence-electron chi connectivity index (χ0n) is 5.79. The fraction of sp³-hybridized carbons (Fsp3) is 0.429. The van der Waals surface area contributed by atoms with Crippen molar-refractivity contribution in [2.75, 3.05) is 20.7 Å². The summed E-state index contributed by atoms with van der Waals surface area (Å²) in [6, 6.07) is 0. The van der Waals surface area contributed by atoms with Crippen LogP contribution in [0.5, 0.6) is 0 Å². The maximum absolute atomic E-state index is 5.04. The summed E-state index contributed by atoms with van der Waals surface area (Å²) >= 11 is 0. The second-order valence-corrected chi connectivity index (χ2v) is 2.02. The van der Waals surface area contributed by atoms with Gasteiger partial charge in [-0.25, -0.2) is 0 Å². The van der Waals surface area contributed by atoms with E-state index in [0.29, 0.717) is 0 Å². The molecule has 0 amide bonds. The Labute approximate surface area is 55.4 Å². The zero-order valence-corrected chi connectivity index (χ0v) is 5.79. The van der Waals surface area contributed by atoms with Gasteiger partial charge in [0.05, 0.1) is 7.11 Å². The zero-order chi connectivity index (χ0) is 6.69. The van der Waals surface area contributed by atoms with Crippen LogP contribution in [-0.4, -0.2) is 25.6 Å². The summed E-state index contributed by atoms with van der Waals surface area (Å²) < 4.78 is 5.04. The van der Waals surface area contributed by atoms with Crippen molar-refractivity contribution in [3.05, 3.63) is 24.1 Å². The number of hydrogen-bond donors (Lipinski definition) is 0. The minimum atomic E-state index is 0.928. The van der Waals surface area contributed by atoms with Crippen molar-refractivity contribution in [2.45, 2.75) is 0 Å². The molecule has 0 saturated heterocycles. The van der Waals surface area contributed by atoms with Crippen LogP contribution in [0, 0.1) is 0 Å². The second-order valence-electron chi connectivity index (χ2n) is 2.02. The van der Waals surface area contributed by atoms with Gasteiger partial charge in [0.15, 0.2) is 5.88 Å². The van der Waals surface area contributed by atoms with Gasteiger partial charge in [-0.05, 0) is 6.08 Å². The van der Waals surface area contributed by atoms with Gasteiger partial charge in [0.25, 0.3) is 0 Å². The Morgan fingerprint density at radius 2 is 2.44 bits per heavy atom. The lowest BCUT2D eigenvalue weighted by Crippen LogP contribution is -2.20. The Hall–Kier alpha value is -0.920. The SMILES string of the molecule is COC1=CC=CCN1C. The smallest absolute Gasteiger partial charge is 0.188 e. The van der Waals surface area contributed by atoms with Gasteiger partial charge in [0.2, 0.25) is 0 Å². The molecule has 0 aromatic carbocycles. The molecule has 0 bridgehead atoms. The number of likely N-dealkylation sites (N-methyl/N-ethyl adjacent to an activating group) is 1. The summed E-state index contributed by atoms with van der Waals surface area (Å²) in [4.78, 5) is 2.04. The summed E-state index contributed by atoms with van der Waals surface area (Å²) in [6.07, 6.45) is 6.03. The molecule has 0 spiro atoms. The predicted molar refractivity (Wildman–Crippen MR) is 36.9 cm³/mol. The average Bonchev–Trinajstić information content (AvgIpc) is 1.89. The van der Waals surface area contributed by atoms with E-state index in [9.17, 15) is 0 Å². The van der Waals surface area contributed by atoms with E-state index in [0.717, 1.165) is 12.4 Å². The molecule has 1 rings (SSSR count). The maximum atomic E-state index is 5.04. The van der Waals surface area contributed by atoms with Crippen LogP contribution in [0.3, 0.4) is 0 Å². The Bertz CT molecular complexity index is 149. The molecule has 0 aromatic heterocycles. The molecule has 1 aliphatic heterocycles. The van der Waals surface area contributed by atoms with E-state index in [2.05, 4.69) is 6.08 Å². The minimum absolute atomic E-state index is 0.928. The van der Waals surface area contributed by atoms with Crippen LogP contribution in [0.15, 0.2) is 24.1 Å². The fourth-order valence-electron chi connectivity index (χ4n) is 0.810. The van der Waals surface area contributed by atoms with Crippen LogP contribution in [0.25, 0.3) is 0 Å². The third-order valence-corrected chi connectivity index (χ3v) is 1.34. The summed E-state index contributed by atoms with van der Waals surface area (Å²) in [5.74, 6) is 0.928. The first-order chi connectivity index (χ1) is 4.34. The van der Waals surface area contributed by atoms with Gasteiger partial charge in [0, 0.05) is 13.6 Å². The maximum Gasteiger partial charge on any atom is 0.188 e. The Morgan fingerprint density at radius 1 is 1.67 bits per heavy atom. The molecule has 2 nitrogen and oxygen atoms in total. The second kappa shape index (κ2) is 2.58. The van der Waals surface area contributed by atoms with E-state index in [4.69, 9.17) is 4.74 Å². The molecular formula is C7H11NO. The molecule has 9 heavy (non-hydrogen) atoms. The van der Waals surface area contributed by atoms with E-state index in [-0.39, 0.29) is 0 Å². The van der Waals surface area contributed by atoms with Crippen LogP contribution in [-0.2, 0) is 4.74 Å². The third kappa shape index (κ3) is 1.25. The lowest BCUT2D eigenvalue weighted by molar-refractivity contribution is 0.181. The summed E-state index contributed by atoms with van der Waals surface area (Å²) in [6.45, 7) is 0.944. The van der Waals surface area contributed by atoms with Gasteiger partial charge in [-0.2, -0.15) is 0 Å². The van der Waals surface area contributed by atoms with Crippen molar-refractivity contribution in [1.29, 1.82) is 0 Å². The molecule has 0 aromatic rings. The predicted octanol–water partition coefficient (Wildman–Crippen LogP) is 0.976. The molecule has 2 heteroatoms. The number of rotatable bonds is 1. The Balaban J connectivity index is 2.63. The van der Waals surface area contributed by atoms with Gasteiger partial charge < -0.3 is 9.64 Å². The fourth-order valence-corrected chi connectivity index (χ4v) is 0.810. The standard InChI is InChI=1S/C7H11NO/c1-8-6-4-3-5-7(8)9-2/h3-5H,6H2,1-2H3. The lowest BCUT2D eigenvalue weighted by atomic mass is 10.3. The molecule has 0 unspecified atom stereocenters. The van der Waals surface area contributed by atoms with E-state index < -0.39 is 0 Å². The van der Waals surface area contributed by atoms with Crippen molar-refractivity contribution in [2.24, 2.45) is 0 Å². The Kier molecular flexibility index (Phi) is 1.78. The first-order valence-electron chi connectivity index (χ1n) is 2.96. The van der Waals surface area contributed by atoms with Gasteiger partial charge in [-0.1, -0.05) is 12.2 Å². The normalized spacial score (nSPS) is 17.6. The number of nitrogens with zero attached hydrogens (tertiary/aromatic N) is 1. The quantitative estimate of drug-likeness (QED) is 0.518. The van der Waals surface area contributed by atoms with Gasteiger partial charge in [0.1, 0.15) is 0 Å². The molecule has 1 aliphatic rings. The highest BCUT2D eigenvalue weighted by atomic mass is 16.5.